The van der Waals surface area contributed by atoms with Gasteiger partial charge in [-0.3, -0.25) is 0 Å². The van der Waals surface area contributed by atoms with Gasteiger partial charge in [0.1, 0.15) is 19.5 Å². The predicted molar refractivity (Wildman–Crippen MR) is 67.8 cm³/mol. The van der Waals surface area contributed by atoms with Crippen molar-refractivity contribution < 1.29 is 27.9 Å². The van der Waals surface area contributed by atoms with Gasteiger partial charge in [-0.2, -0.15) is 13.2 Å². The summed E-state index contributed by atoms with van der Waals surface area (Å²) >= 11 is 0. The molecule has 1 N–H and O–H groups in total. The minimum atomic E-state index is -4.59. The zero-order valence-corrected chi connectivity index (χ0v) is 10.7. The van der Waals surface area contributed by atoms with E-state index in [-0.39, 0.29) is 18.8 Å². The first-order valence-corrected chi connectivity index (χ1v) is 5.66. The van der Waals surface area contributed by atoms with E-state index in [0.29, 0.717) is 5.75 Å². The lowest BCUT2D eigenvalue weighted by atomic mass is 10.1. The van der Waals surface area contributed by atoms with Crippen LogP contribution >= 0.6 is 0 Å². The number of hydrogen-bond acceptors (Lipinski definition) is 4. The molecular formula is C13H14F3NO3. The van der Waals surface area contributed by atoms with Gasteiger partial charge in [-0.1, -0.05) is 11.2 Å². The van der Waals surface area contributed by atoms with Crippen molar-refractivity contribution >= 4 is 5.71 Å². The maximum atomic E-state index is 12.7. The van der Waals surface area contributed by atoms with Gasteiger partial charge in [0.15, 0.2) is 5.71 Å². The highest BCUT2D eigenvalue weighted by atomic mass is 19.4. The molecule has 0 radical (unpaired) electrons. The summed E-state index contributed by atoms with van der Waals surface area (Å²) in [5.74, 6) is 0.412. The monoisotopic (exact) mass is 289 g/mol. The van der Waals surface area contributed by atoms with E-state index in [2.05, 4.69) is 9.99 Å². The summed E-state index contributed by atoms with van der Waals surface area (Å²) in [5, 5.41) is 11.5. The smallest absolute Gasteiger partial charge is 0.437 e. The molecule has 0 bridgehead atoms. The predicted octanol–water partition coefficient (Wildman–Crippen LogP) is 2.53. The van der Waals surface area contributed by atoms with Gasteiger partial charge in [0.25, 0.3) is 0 Å². The van der Waals surface area contributed by atoms with Crippen LogP contribution in [-0.2, 0) is 4.84 Å². The van der Waals surface area contributed by atoms with E-state index in [1.165, 1.54) is 30.3 Å². The highest BCUT2D eigenvalue weighted by Crippen LogP contribution is 2.24. The van der Waals surface area contributed by atoms with Crippen LogP contribution in [0.4, 0.5) is 13.2 Å². The second kappa shape index (κ2) is 7.54. The van der Waals surface area contributed by atoms with E-state index >= 15 is 0 Å². The third-order valence-electron chi connectivity index (χ3n) is 2.20. The largest absolute Gasteiger partial charge is 0.490 e. The van der Waals surface area contributed by atoms with Crippen LogP contribution in [0.2, 0.25) is 0 Å². The van der Waals surface area contributed by atoms with Crippen LogP contribution in [-0.4, -0.2) is 37.3 Å². The Balaban J connectivity index is 2.79. The number of nitrogens with zero attached hydrogens (tertiary/aromatic N) is 1. The molecule has 20 heavy (non-hydrogen) atoms. The van der Waals surface area contributed by atoms with Crippen LogP contribution in [0.1, 0.15) is 5.56 Å². The Morgan fingerprint density at radius 1 is 1.25 bits per heavy atom. The van der Waals surface area contributed by atoms with Gasteiger partial charge < -0.3 is 14.7 Å². The van der Waals surface area contributed by atoms with Gasteiger partial charge in [0, 0.05) is 5.56 Å². The number of hydrogen-bond donors (Lipinski definition) is 1. The van der Waals surface area contributed by atoms with Crippen molar-refractivity contribution in [2.24, 2.45) is 5.16 Å². The van der Waals surface area contributed by atoms with Crippen molar-refractivity contribution in [2.75, 3.05) is 20.3 Å². The molecular weight excluding hydrogens is 275 g/mol. The third-order valence-corrected chi connectivity index (χ3v) is 2.20. The van der Waals surface area contributed by atoms with Crippen LogP contribution in [0, 0.1) is 0 Å². The molecule has 0 heterocycles. The lowest BCUT2D eigenvalue weighted by Gasteiger charge is -2.10. The van der Waals surface area contributed by atoms with Crippen LogP contribution < -0.4 is 4.74 Å². The first-order valence-electron chi connectivity index (χ1n) is 5.66. The maximum absolute atomic E-state index is 12.7. The fourth-order valence-electron chi connectivity index (χ4n) is 1.36. The molecule has 0 unspecified atom stereocenters. The van der Waals surface area contributed by atoms with E-state index in [1.54, 1.807) is 6.08 Å². The average Bonchev–Trinajstić information content (AvgIpc) is 2.41. The van der Waals surface area contributed by atoms with Crippen molar-refractivity contribution in [3.63, 3.8) is 0 Å². The molecule has 0 aromatic heterocycles. The van der Waals surface area contributed by atoms with Gasteiger partial charge in [0.05, 0.1) is 6.61 Å². The molecule has 0 spiro atoms. The van der Waals surface area contributed by atoms with E-state index in [1.807, 2.05) is 0 Å². The highest BCUT2D eigenvalue weighted by molar-refractivity contribution is 6.04. The van der Waals surface area contributed by atoms with Crippen LogP contribution in [0.25, 0.3) is 0 Å². The lowest BCUT2D eigenvalue weighted by molar-refractivity contribution is -0.0608. The number of rotatable bonds is 6. The quantitative estimate of drug-likeness (QED) is 0.497. The summed E-state index contributed by atoms with van der Waals surface area (Å²) < 4.78 is 43.4. The highest BCUT2D eigenvalue weighted by Gasteiger charge is 2.37. The van der Waals surface area contributed by atoms with Gasteiger partial charge in [-0.25, -0.2) is 0 Å². The number of alkyl halides is 3. The van der Waals surface area contributed by atoms with E-state index < -0.39 is 11.9 Å². The zero-order chi connectivity index (χ0) is 15.0. The van der Waals surface area contributed by atoms with Gasteiger partial charge >= 0.3 is 6.18 Å². The SMILES string of the molecule is CO/N=C(\c1ccc(OC/C=C/CO)cc1)C(F)(F)F. The molecule has 1 rings (SSSR count). The average molecular weight is 289 g/mol. The van der Waals surface area contributed by atoms with Crippen molar-refractivity contribution in [3.8, 4) is 5.75 Å². The fraction of sp³-hybridized carbons (Fsp3) is 0.308. The summed E-state index contributed by atoms with van der Waals surface area (Å²) in [7, 11) is 1.05. The lowest BCUT2D eigenvalue weighted by Crippen LogP contribution is -2.24. The zero-order valence-electron chi connectivity index (χ0n) is 10.7. The first kappa shape index (κ1) is 16.0. The summed E-state index contributed by atoms with van der Waals surface area (Å²) in [4.78, 5) is 4.21. The van der Waals surface area contributed by atoms with E-state index in [0.717, 1.165) is 7.11 Å². The van der Waals surface area contributed by atoms with Crippen molar-refractivity contribution in [1.29, 1.82) is 0 Å². The summed E-state index contributed by atoms with van der Waals surface area (Å²) in [5.41, 5.74) is -1.22. The molecule has 4 nitrogen and oxygen atoms in total. The normalized spacial score (nSPS) is 12.8. The number of benzene rings is 1. The Bertz CT molecular complexity index is 467. The second-order valence-corrected chi connectivity index (χ2v) is 3.61. The number of oxime groups is 1. The van der Waals surface area contributed by atoms with Gasteiger partial charge in [0.2, 0.25) is 0 Å². The van der Waals surface area contributed by atoms with Gasteiger partial charge in [-0.05, 0) is 30.3 Å². The minimum absolute atomic E-state index is 0.0925. The third kappa shape index (κ3) is 4.93. The molecule has 0 aliphatic carbocycles. The van der Waals surface area contributed by atoms with E-state index in [4.69, 9.17) is 9.84 Å². The van der Waals surface area contributed by atoms with E-state index in [9.17, 15) is 13.2 Å². The number of halogens is 3. The van der Waals surface area contributed by atoms with Crippen LogP contribution in [0.5, 0.6) is 5.75 Å². The molecule has 7 heteroatoms. The molecule has 110 valence electrons. The molecule has 0 saturated carbocycles. The van der Waals surface area contributed by atoms with Crippen molar-refractivity contribution in [2.45, 2.75) is 6.18 Å². The Labute approximate surface area is 114 Å². The molecule has 1 aromatic carbocycles. The van der Waals surface area contributed by atoms with Crippen LogP contribution in [0.3, 0.4) is 0 Å². The fourth-order valence-corrected chi connectivity index (χ4v) is 1.36. The number of aliphatic hydroxyl groups is 1. The summed E-state index contributed by atoms with van der Waals surface area (Å²) in [6.45, 7) is 0.128. The Kier molecular flexibility index (Phi) is 6.05. The topological polar surface area (TPSA) is 51.0 Å². The minimum Gasteiger partial charge on any atom is -0.490 e. The molecule has 0 saturated heterocycles. The number of aliphatic hydroxyl groups excluding tert-OH is 1. The number of ether oxygens (including phenoxy) is 1. The van der Waals surface area contributed by atoms with Crippen LogP contribution in [0.15, 0.2) is 41.6 Å². The second-order valence-electron chi connectivity index (χ2n) is 3.61. The first-order chi connectivity index (χ1) is 9.49. The molecule has 0 atom stereocenters. The van der Waals surface area contributed by atoms with Gasteiger partial charge in [-0.15, -0.1) is 0 Å². The molecule has 0 fully saturated rings. The summed E-state index contributed by atoms with van der Waals surface area (Å²) in [6.07, 6.45) is -1.49. The standard InChI is InChI=1S/C13H14F3NO3/c1-19-17-12(13(14,15)16)10-4-6-11(7-5-10)20-9-3-2-8-18/h2-7,18H,8-9H2,1H3/b3-2+,17-12+. The molecule has 0 amide bonds. The Morgan fingerprint density at radius 2 is 1.90 bits per heavy atom. The van der Waals surface area contributed by atoms with Crippen molar-refractivity contribution in [3.05, 3.63) is 42.0 Å². The Morgan fingerprint density at radius 3 is 2.40 bits per heavy atom. The Hall–Kier alpha value is -2.02. The molecule has 0 aliphatic heterocycles. The van der Waals surface area contributed by atoms with Crippen molar-refractivity contribution in [1.82, 2.24) is 0 Å². The maximum Gasteiger partial charge on any atom is 0.437 e. The summed E-state index contributed by atoms with van der Waals surface area (Å²) in [6, 6.07) is 5.30. The molecule has 1 aromatic rings. The molecule has 0 aliphatic rings.